The second-order valence-corrected chi connectivity index (χ2v) is 28.9. The summed E-state index contributed by atoms with van der Waals surface area (Å²) in [6.07, 6.45) is 0. The molecule has 0 spiro atoms. The van der Waals surface area contributed by atoms with Gasteiger partial charge in [-0.1, -0.05) is 0 Å². The van der Waals surface area contributed by atoms with Crippen LogP contribution in [-0.2, 0) is 10.8 Å². The van der Waals surface area contributed by atoms with Gasteiger partial charge in [0.1, 0.15) is 0 Å². The molecule has 3 aliphatic heterocycles. The van der Waals surface area contributed by atoms with Gasteiger partial charge in [-0.05, 0) is 0 Å². The molecular weight excluding hydrogens is 1010 g/mol. The molecule has 3 nitrogen and oxygen atoms in total. The fourth-order valence-corrected chi connectivity index (χ4v) is 27.0. The van der Waals surface area contributed by atoms with Crippen molar-refractivity contribution in [2.75, 3.05) is 9.80 Å². The number of rotatable bonds is 7. The van der Waals surface area contributed by atoms with Gasteiger partial charge in [0.25, 0.3) is 0 Å². The van der Waals surface area contributed by atoms with E-state index < -0.39 is 24.1 Å². The normalized spacial score (nSPS) is 15.3. The molecule has 0 aromatic heterocycles. The zero-order valence-corrected chi connectivity index (χ0v) is 44.6. The summed E-state index contributed by atoms with van der Waals surface area (Å²) in [7, 11) is 0. The van der Waals surface area contributed by atoms with Gasteiger partial charge < -0.3 is 0 Å². The van der Waals surface area contributed by atoms with E-state index in [0.29, 0.717) is 0 Å². The van der Waals surface area contributed by atoms with Gasteiger partial charge in [-0.3, -0.25) is 0 Å². The van der Waals surface area contributed by atoms with Gasteiger partial charge in [0, 0.05) is 0 Å². The average molecular weight is 1050 g/mol. The minimum absolute atomic E-state index is 0.562. The molecule has 0 saturated carbocycles. The average Bonchev–Trinajstić information content (AvgIpc) is 3.39. The molecule has 0 saturated heterocycles. The van der Waals surface area contributed by atoms with E-state index in [0.717, 1.165) is 22.9 Å². The number of ether oxygens (including phenoxy) is 1. The molecule has 0 N–H and O–H groups in total. The van der Waals surface area contributed by atoms with Crippen LogP contribution in [0.1, 0.15) is 44.5 Å². The summed E-state index contributed by atoms with van der Waals surface area (Å²) in [4.78, 5) is 5.17. The van der Waals surface area contributed by atoms with E-state index in [9.17, 15) is 0 Å². The Morgan fingerprint density at radius 3 is 1.01 bits per heavy atom. The van der Waals surface area contributed by atoms with Gasteiger partial charge >= 0.3 is 460 Å². The molecule has 78 heavy (non-hydrogen) atoms. The van der Waals surface area contributed by atoms with Gasteiger partial charge in [0.05, 0.1) is 0 Å². The zero-order valence-electron chi connectivity index (χ0n) is 42.5. The fourth-order valence-electron chi connectivity index (χ4n) is 15.2. The van der Waals surface area contributed by atoms with Gasteiger partial charge in [0.15, 0.2) is 0 Å². The summed E-state index contributed by atoms with van der Waals surface area (Å²) in [6.45, 7) is 0. The van der Waals surface area contributed by atoms with E-state index in [1.54, 1.807) is 0 Å². The number of anilines is 6. The van der Waals surface area contributed by atoms with Crippen molar-refractivity contribution >= 4 is 65.0 Å². The van der Waals surface area contributed by atoms with Crippen LogP contribution in [0.4, 0.5) is 34.1 Å². The van der Waals surface area contributed by atoms with Gasteiger partial charge in [-0.15, -0.1) is 0 Å². The van der Waals surface area contributed by atoms with Crippen molar-refractivity contribution in [3.8, 4) is 33.8 Å². The molecular formula is C74H48GeN2O. The SMILES string of the molecule is c1ccc(C2(c3ccccc3)c3ccccc3-c3ccc(N4c5cccc6[c]5[Ge]5([c]7ccccc7)[c]7c(cccc7N(c7ccc8c(c7)C(c7ccccc7)(c7ccccc7)c7ccccc7-8)c7cccc4[c]75)O6)cc32)cc1. The van der Waals surface area contributed by atoms with Gasteiger partial charge in [-0.25, -0.2) is 0 Å². The van der Waals surface area contributed by atoms with Crippen molar-refractivity contribution in [2.45, 2.75) is 10.8 Å². The van der Waals surface area contributed by atoms with Crippen LogP contribution in [0.15, 0.2) is 291 Å². The van der Waals surface area contributed by atoms with Crippen molar-refractivity contribution < 1.29 is 4.74 Å². The molecule has 0 bridgehead atoms. The van der Waals surface area contributed by atoms with Crippen molar-refractivity contribution in [3.63, 3.8) is 0 Å². The van der Waals surface area contributed by atoms with Crippen molar-refractivity contribution in [2.24, 2.45) is 0 Å². The summed E-state index contributed by atoms with van der Waals surface area (Å²) >= 11 is -4.06. The van der Waals surface area contributed by atoms with Crippen LogP contribution >= 0.6 is 0 Å². The predicted octanol–water partition coefficient (Wildman–Crippen LogP) is 15.5. The third kappa shape index (κ3) is 5.48. The topological polar surface area (TPSA) is 15.7 Å². The first-order valence-corrected chi connectivity index (χ1v) is 31.4. The van der Waals surface area contributed by atoms with Crippen LogP contribution in [0.3, 0.4) is 0 Å². The molecule has 3 heterocycles. The fraction of sp³-hybridized carbons (Fsp3) is 0.0270. The Labute approximate surface area is 456 Å². The third-order valence-electron chi connectivity index (χ3n) is 17.9. The van der Waals surface area contributed by atoms with E-state index in [2.05, 4.69) is 301 Å². The molecule has 0 amide bonds. The van der Waals surface area contributed by atoms with Gasteiger partial charge in [0.2, 0.25) is 0 Å². The summed E-state index contributed by atoms with van der Waals surface area (Å²) in [6, 6.07) is 110. The Morgan fingerprint density at radius 1 is 0.269 bits per heavy atom. The Morgan fingerprint density at radius 2 is 0.603 bits per heavy atom. The quantitative estimate of drug-likeness (QED) is 0.148. The summed E-state index contributed by atoms with van der Waals surface area (Å²) in [5, 5.41) is 0. The van der Waals surface area contributed by atoms with Gasteiger partial charge in [-0.2, -0.15) is 0 Å². The van der Waals surface area contributed by atoms with E-state index in [4.69, 9.17) is 4.74 Å². The second-order valence-electron chi connectivity index (χ2n) is 21.4. The number of hydrogen-bond acceptors (Lipinski definition) is 3. The Kier molecular flexibility index (Phi) is 9.15. The van der Waals surface area contributed by atoms with E-state index in [1.807, 2.05) is 0 Å². The molecule has 0 fully saturated rings. The first-order valence-electron chi connectivity index (χ1n) is 27.2. The summed E-state index contributed by atoms with van der Waals surface area (Å²) < 4.78 is 12.9. The Balaban J connectivity index is 0.958. The molecule has 0 radical (unpaired) electrons. The first-order chi connectivity index (χ1) is 38.7. The molecule has 4 heteroatoms. The molecule has 0 atom stereocenters. The Hall–Kier alpha value is -9.42. The molecule has 5 aliphatic rings. The molecule has 364 valence electrons. The van der Waals surface area contributed by atoms with Crippen LogP contribution in [0.5, 0.6) is 11.5 Å². The standard InChI is InChI=1S/C74H48GeN2O/c1-6-23-49(24-7-1)73(50-25-8-2-9-26-50)60-35-18-16-33-56(60)58-45-43-54(47-62(58)73)76-64-37-20-38-65-70(64)75(53-31-14-5-15-32-53)71-66(76)39-21-41-68(71)78-69-42-22-40-67(72(69)75)77(65)55-44-46-59-57-34-17-19-36-61(57)74(63(59)48-55,51-27-10-3-11-28-51)52-29-12-4-13-30-52/h1-48H. The third-order valence-corrected chi connectivity index (χ3v) is 28.4. The van der Waals surface area contributed by atoms with Crippen molar-refractivity contribution in [1.82, 2.24) is 0 Å². The van der Waals surface area contributed by atoms with Crippen LogP contribution in [0.25, 0.3) is 22.3 Å². The van der Waals surface area contributed by atoms with Crippen LogP contribution in [0.2, 0.25) is 0 Å². The Bertz CT molecular complexity index is 4090. The molecule has 0 unspecified atom stereocenters. The molecule has 12 aromatic rings. The van der Waals surface area contributed by atoms with Crippen LogP contribution in [-0.4, -0.2) is 13.3 Å². The monoisotopic (exact) mass is 1050 g/mol. The second kappa shape index (κ2) is 16.3. The summed E-state index contributed by atoms with van der Waals surface area (Å²) in [5.41, 5.74) is 21.1. The van der Waals surface area contributed by atoms with E-state index in [-0.39, 0.29) is 0 Å². The molecule has 17 rings (SSSR count). The molecule has 12 aromatic carbocycles. The summed E-state index contributed by atoms with van der Waals surface area (Å²) in [5.74, 6) is 1.89. The number of hydrogen-bond donors (Lipinski definition) is 0. The predicted molar refractivity (Wildman–Crippen MR) is 321 cm³/mol. The van der Waals surface area contributed by atoms with E-state index >= 15 is 0 Å². The van der Waals surface area contributed by atoms with Crippen molar-refractivity contribution in [1.29, 1.82) is 0 Å². The number of nitrogens with zero attached hydrogens (tertiary/aromatic N) is 2. The zero-order chi connectivity index (χ0) is 51.2. The maximum absolute atomic E-state index is 7.39. The van der Waals surface area contributed by atoms with Crippen LogP contribution < -0.4 is 32.1 Å². The number of benzene rings is 12. The van der Waals surface area contributed by atoms with E-state index in [1.165, 1.54) is 107 Å². The maximum atomic E-state index is 7.39. The van der Waals surface area contributed by atoms with Crippen LogP contribution in [0, 0.1) is 0 Å². The molecule has 2 aliphatic carbocycles. The van der Waals surface area contributed by atoms with Crippen molar-refractivity contribution in [3.05, 3.63) is 336 Å². The minimum atomic E-state index is -4.06. The first kappa shape index (κ1) is 43.8. The number of fused-ring (bicyclic) bond motifs is 6.